The van der Waals surface area contributed by atoms with Gasteiger partial charge in [-0.3, -0.25) is 5.10 Å². The molecule has 2 spiro atoms. The average Bonchev–Trinajstić information content (AvgIpc) is 3.56. The van der Waals surface area contributed by atoms with Crippen molar-refractivity contribution in [3.05, 3.63) is 36.8 Å². The maximum Gasteiger partial charge on any atom is 0.233 e. The van der Waals surface area contributed by atoms with Crippen molar-refractivity contribution in [2.75, 3.05) is 0 Å². The van der Waals surface area contributed by atoms with Gasteiger partial charge in [-0.15, -0.1) is 35.0 Å². The highest BCUT2D eigenvalue weighted by molar-refractivity contribution is 5.85. The van der Waals surface area contributed by atoms with E-state index in [0.29, 0.717) is 28.3 Å². The van der Waals surface area contributed by atoms with E-state index in [1.165, 1.54) is 25.7 Å². The predicted octanol–water partition coefficient (Wildman–Crippen LogP) is 3.67. The fourth-order valence-electron chi connectivity index (χ4n) is 4.55. The molecule has 3 aromatic rings. The van der Waals surface area contributed by atoms with Crippen LogP contribution in [-0.4, -0.2) is 47.7 Å². The Hall–Kier alpha value is -2.42. The number of nitrogens with zero attached hydrogens (tertiary/aromatic N) is 4. The summed E-state index contributed by atoms with van der Waals surface area (Å²) in [5.74, 6) is 0.582. The quantitative estimate of drug-likeness (QED) is 0.542. The molecule has 0 bridgehead atoms. The van der Waals surface area contributed by atoms with Crippen LogP contribution in [0.15, 0.2) is 36.8 Å². The van der Waals surface area contributed by atoms with Gasteiger partial charge in [0.2, 0.25) is 5.88 Å². The van der Waals surface area contributed by atoms with Crippen molar-refractivity contribution in [1.82, 2.24) is 30.7 Å². The molecule has 164 valence electrons. The number of rotatable bonds is 4. The number of H-pyrrole nitrogens is 1. The number of aromatic nitrogens is 5. The van der Waals surface area contributed by atoms with Crippen molar-refractivity contribution in [2.24, 2.45) is 0 Å². The number of ether oxygens (including phenoxy) is 1. The summed E-state index contributed by atoms with van der Waals surface area (Å²) in [5, 5.41) is 29.4. The Morgan fingerprint density at radius 2 is 1.71 bits per heavy atom. The summed E-state index contributed by atoms with van der Waals surface area (Å²) < 4.78 is 6.19. The minimum Gasteiger partial charge on any atom is -0.506 e. The Morgan fingerprint density at radius 3 is 2.26 bits per heavy atom. The van der Waals surface area contributed by atoms with Crippen molar-refractivity contribution < 1.29 is 9.84 Å². The van der Waals surface area contributed by atoms with Crippen LogP contribution in [0.5, 0.6) is 11.6 Å². The largest absolute Gasteiger partial charge is 0.506 e. The first-order valence-corrected chi connectivity index (χ1v) is 10.1. The number of hydrogen-bond acceptors (Lipinski definition) is 7. The number of piperidine rings is 1. The van der Waals surface area contributed by atoms with E-state index in [0.717, 1.165) is 24.0 Å². The number of halogens is 2. The molecule has 6 rings (SSSR count). The minimum absolute atomic E-state index is 0. The van der Waals surface area contributed by atoms with Crippen molar-refractivity contribution in [3.63, 3.8) is 0 Å². The van der Waals surface area contributed by atoms with Gasteiger partial charge >= 0.3 is 0 Å². The Kier molecular flexibility index (Phi) is 5.57. The van der Waals surface area contributed by atoms with Crippen LogP contribution in [0, 0.1) is 0 Å². The van der Waals surface area contributed by atoms with Gasteiger partial charge in [-0.05, 0) is 37.8 Å². The lowest BCUT2D eigenvalue weighted by Crippen LogP contribution is -2.52. The molecule has 3 aliphatic rings. The summed E-state index contributed by atoms with van der Waals surface area (Å²) >= 11 is 0. The number of nitrogens with one attached hydrogen (secondary N) is 2. The second-order valence-electron chi connectivity index (χ2n) is 8.67. The van der Waals surface area contributed by atoms with Gasteiger partial charge in [0, 0.05) is 53.5 Å². The molecule has 31 heavy (non-hydrogen) atoms. The topological polar surface area (TPSA) is 109 Å². The van der Waals surface area contributed by atoms with E-state index >= 15 is 0 Å². The SMILES string of the molecule is Cl.Cl.Oc1cc(-c2cn[nH]c2)cnc1-c1ccc(OC2CC3(CC3)NC3(CC3)C2)nn1. The van der Waals surface area contributed by atoms with Crippen LogP contribution in [0.4, 0.5) is 0 Å². The first kappa shape index (κ1) is 21.8. The molecule has 1 saturated heterocycles. The molecule has 2 saturated carbocycles. The van der Waals surface area contributed by atoms with Crippen LogP contribution in [0.3, 0.4) is 0 Å². The van der Waals surface area contributed by atoms with Crippen molar-refractivity contribution >= 4 is 24.8 Å². The number of aromatic amines is 1. The maximum atomic E-state index is 10.4. The van der Waals surface area contributed by atoms with Crippen LogP contribution < -0.4 is 10.1 Å². The summed E-state index contributed by atoms with van der Waals surface area (Å²) in [5.41, 5.74) is 3.15. The molecule has 0 atom stereocenters. The molecule has 10 heteroatoms. The molecular formula is C21H24Cl2N6O2. The Labute approximate surface area is 192 Å². The predicted molar refractivity (Wildman–Crippen MR) is 120 cm³/mol. The zero-order chi connectivity index (χ0) is 19.5. The molecule has 3 N–H and O–H groups in total. The molecule has 2 aliphatic carbocycles. The average molecular weight is 463 g/mol. The fourth-order valence-corrected chi connectivity index (χ4v) is 4.55. The van der Waals surface area contributed by atoms with E-state index < -0.39 is 0 Å². The summed E-state index contributed by atoms with van der Waals surface area (Å²) in [6.07, 6.45) is 12.4. The molecule has 0 unspecified atom stereocenters. The molecule has 3 aromatic heterocycles. The van der Waals surface area contributed by atoms with Crippen LogP contribution in [0.1, 0.15) is 38.5 Å². The van der Waals surface area contributed by atoms with Gasteiger partial charge in [0.1, 0.15) is 23.2 Å². The van der Waals surface area contributed by atoms with E-state index in [4.69, 9.17) is 4.74 Å². The highest BCUT2D eigenvalue weighted by atomic mass is 35.5. The molecule has 3 fully saturated rings. The lowest BCUT2D eigenvalue weighted by atomic mass is 9.92. The van der Waals surface area contributed by atoms with E-state index in [-0.39, 0.29) is 36.7 Å². The van der Waals surface area contributed by atoms with E-state index in [2.05, 4.69) is 30.7 Å². The number of pyridine rings is 1. The Bertz CT molecular complexity index is 1030. The highest BCUT2D eigenvalue weighted by Crippen LogP contribution is 2.53. The zero-order valence-electron chi connectivity index (χ0n) is 16.7. The van der Waals surface area contributed by atoms with Crippen molar-refractivity contribution in [3.8, 4) is 34.1 Å². The summed E-state index contributed by atoms with van der Waals surface area (Å²) in [4.78, 5) is 4.36. The molecule has 0 aromatic carbocycles. The molecule has 0 amide bonds. The third-order valence-corrected chi connectivity index (χ3v) is 6.34. The monoisotopic (exact) mass is 462 g/mol. The smallest absolute Gasteiger partial charge is 0.233 e. The summed E-state index contributed by atoms with van der Waals surface area (Å²) in [7, 11) is 0. The first-order valence-electron chi connectivity index (χ1n) is 10.1. The van der Waals surface area contributed by atoms with Gasteiger partial charge in [0.15, 0.2) is 0 Å². The lowest BCUT2D eigenvalue weighted by Gasteiger charge is -2.37. The van der Waals surface area contributed by atoms with Crippen LogP contribution in [0.2, 0.25) is 0 Å². The number of hydrogen-bond donors (Lipinski definition) is 3. The Balaban J connectivity index is 0.00000116. The second-order valence-corrected chi connectivity index (χ2v) is 8.67. The molecule has 8 nitrogen and oxygen atoms in total. The Morgan fingerprint density at radius 1 is 0.968 bits per heavy atom. The van der Waals surface area contributed by atoms with Gasteiger partial charge in [-0.1, -0.05) is 0 Å². The lowest BCUT2D eigenvalue weighted by molar-refractivity contribution is 0.0951. The van der Waals surface area contributed by atoms with E-state index in [1.807, 2.05) is 6.07 Å². The third kappa shape index (κ3) is 4.20. The first-order chi connectivity index (χ1) is 14.1. The summed E-state index contributed by atoms with van der Waals surface area (Å²) in [6, 6.07) is 5.26. The number of aromatic hydroxyl groups is 1. The van der Waals surface area contributed by atoms with Gasteiger partial charge in [0.05, 0.1) is 6.20 Å². The van der Waals surface area contributed by atoms with Crippen LogP contribution in [0.25, 0.3) is 22.5 Å². The fraction of sp³-hybridized carbons (Fsp3) is 0.429. The van der Waals surface area contributed by atoms with Crippen LogP contribution in [-0.2, 0) is 0 Å². The molecule has 4 heterocycles. The molecule has 1 aliphatic heterocycles. The highest BCUT2D eigenvalue weighted by Gasteiger charge is 2.59. The standard InChI is InChI=1S/C21H22N6O2.2ClH/c28-17-7-13(14-11-23-24-12-14)10-22-19(17)16-1-2-18(26-25-16)29-15-8-20(3-4-20)27-21(9-15)5-6-21;;/h1-2,7,10-12,15,27-28H,3-6,8-9H2,(H,23,24);2*1H. The van der Waals surface area contributed by atoms with Crippen LogP contribution >= 0.6 is 24.8 Å². The zero-order valence-corrected chi connectivity index (χ0v) is 18.4. The van der Waals surface area contributed by atoms with E-state index in [1.54, 1.807) is 30.7 Å². The molecular weight excluding hydrogens is 439 g/mol. The van der Waals surface area contributed by atoms with Gasteiger partial charge < -0.3 is 15.2 Å². The normalized spacial score (nSPS) is 21.7. The second kappa shape index (κ2) is 7.93. The van der Waals surface area contributed by atoms with Gasteiger partial charge in [-0.25, -0.2) is 4.98 Å². The third-order valence-electron chi connectivity index (χ3n) is 6.34. The summed E-state index contributed by atoms with van der Waals surface area (Å²) in [6.45, 7) is 0. The van der Waals surface area contributed by atoms with E-state index in [9.17, 15) is 5.11 Å². The van der Waals surface area contributed by atoms with Gasteiger partial charge in [-0.2, -0.15) is 5.10 Å². The van der Waals surface area contributed by atoms with Crippen molar-refractivity contribution in [2.45, 2.75) is 55.7 Å². The maximum absolute atomic E-state index is 10.4. The van der Waals surface area contributed by atoms with Gasteiger partial charge in [0.25, 0.3) is 0 Å². The minimum atomic E-state index is 0. The van der Waals surface area contributed by atoms with Crippen molar-refractivity contribution in [1.29, 1.82) is 0 Å². The molecule has 0 radical (unpaired) electrons.